The number of methoxy groups -OCH3 is 1. The molecule has 0 atom stereocenters. The summed E-state index contributed by atoms with van der Waals surface area (Å²) in [7, 11) is -1.90. The Morgan fingerprint density at radius 2 is 1.70 bits per heavy atom. The molecule has 2 aliphatic rings. The summed E-state index contributed by atoms with van der Waals surface area (Å²) < 4.78 is 44.7. The van der Waals surface area contributed by atoms with Crippen LogP contribution in [0.3, 0.4) is 0 Å². The fourth-order valence-corrected chi connectivity index (χ4v) is 6.19. The number of rotatable bonds is 9. The molecule has 0 radical (unpaired) electrons. The molecule has 3 aromatic rings. The average molecular weight is 528 g/mol. The van der Waals surface area contributed by atoms with Gasteiger partial charge >= 0.3 is 0 Å². The van der Waals surface area contributed by atoms with Crippen LogP contribution in [0.5, 0.6) is 11.5 Å². The SMILES string of the molecule is COc1cc2ncnc(N3CCN(S(=O)(=O)c4ccccc4)CC3)c2cc1OCCCN1CCOCC1. The number of morpholine rings is 1. The van der Waals surface area contributed by atoms with Crippen LogP contribution in [-0.2, 0) is 14.8 Å². The van der Waals surface area contributed by atoms with Crippen molar-refractivity contribution in [2.24, 2.45) is 0 Å². The van der Waals surface area contributed by atoms with Crippen LogP contribution in [0.15, 0.2) is 53.7 Å². The molecule has 5 rings (SSSR count). The van der Waals surface area contributed by atoms with E-state index in [1.807, 2.05) is 18.2 Å². The number of ether oxygens (including phenoxy) is 3. The van der Waals surface area contributed by atoms with Gasteiger partial charge in [-0.1, -0.05) is 18.2 Å². The number of hydrogen-bond donors (Lipinski definition) is 0. The number of sulfonamides is 1. The molecule has 0 bridgehead atoms. The number of aromatic nitrogens is 2. The van der Waals surface area contributed by atoms with Crippen LogP contribution in [0.1, 0.15) is 6.42 Å². The third-order valence-corrected chi connectivity index (χ3v) is 8.71. The number of anilines is 1. The summed E-state index contributed by atoms with van der Waals surface area (Å²) in [6.07, 6.45) is 2.43. The van der Waals surface area contributed by atoms with E-state index in [0.717, 1.165) is 56.0 Å². The summed E-state index contributed by atoms with van der Waals surface area (Å²) in [6.45, 7) is 6.83. The van der Waals surface area contributed by atoms with E-state index in [2.05, 4.69) is 19.8 Å². The predicted molar refractivity (Wildman–Crippen MR) is 141 cm³/mol. The first-order valence-electron chi connectivity index (χ1n) is 12.6. The maximum absolute atomic E-state index is 13.0. The topological polar surface area (TPSA) is 97.3 Å². The van der Waals surface area contributed by atoms with Crippen molar-refractivity contribution in [3.05, 3.63) is 48.8 Å². The van der Waals surface area contributed by atoms with Crippen molar-refractivity contribution in [1.82, 2.24) is 19.2 Å². The van der Waals surface area contributed by atoms with E-state index >= 15 is 0 Å². The Morgan fingerprint density at radius 1 is 0.946 bits per heavy atom. The summed E-state index contributed by atoms with van der Waals surface area (Å²) in [5.41, 5.74) is 0.752. The number of piperazine rings is 1. The first kappa shape index (κ1) is 25.7. The van der Waals surface area contributed by atoms with Crippen molar-refractivity contribution in [1.29, 1.82) is 0 Å². The highest BCUT2D eigenvalue weighted by atomic mass is 32.2. The van der Waals surface area contributed by atoms with Crippen molar-refractivity contribution in [2.45, 2.75) is 11.3 Å². The normalized spacial score (nSPS) is 17.7. The highest BCUT2D eigenvalue weighted by Crippen LogP contribution is 2.35. The molecule has 0 saturated carbocycles. The molecule has 0 amide bonds. The summed E-state index contributed by atoms with van der Waals surface area (Å²) in [6, 6.07) is 12.4. The molecular weight excluding hydrogens is 494 g/mol. The third-order valence-electron chi connectivity index (χ3n) is 6.80. The molecule has 0 N–H and O–H groups in total. The van der Waals surface area contributed by atoms with Gasteiger partial charge in [-0.3, -0.25) is 4.90 Å². The molecule has 11 heteroatoms. The van der Waals surface area contributed by atoms with Crippen LogP contribution in [0.4, 0.5) is 5.82 Å². The molecule has 2 aromatic carbocycles. The highest BCUT2D eigenvalue weighted by molar-refractivity contribution is 7.89. The van der Waals surface area contributed by atoms with Gasteiger partial charge in [0.25, 0.3) is 0 Å². The molecule has 37 heavy (non-hydrogen) atoms. The van der Waals surface area contributed by atoms with Gasteiger partial charge < -0.3 is 19.1 Å². The third kappa shape index (κ3) is 5.80. The Labute approximate surface area is 217 Å². The van der Waals surface area contributed by atoms with Gasteiger partial charge in [0.1, 0.15) is 12.1 Å². The van der Waals surface area contributed by atoms with E-state index in [9.17, 15) is 8.42 Å². The van der Waals surface area contributed by atoms with Crippen molar-refractivity contribution in [3.8, 4) is 11.5 Å². The second-order valence-corrected chi connectivity index (χ2v) is 11.0. The van der Waals surface area contributed by atoms with Crippen LogP contribution in [-0.4, -0.2) is 100 Å². The van der Waals surface area contributed by atoms with Crippen LogP contribution in [0, 0.1) is 0 Å². The van der Waals surface area contributed by atoms with Gasteiger partial charge in [0.15, 0.2) is 11.5 Å². The van der Waals surface area contributed by atoms with Gasteiger partial charge in [-0.2, -0.15) is 4.31 Å². The minimum Gasteiger partial charge on any atom is -0.493 e. The quantitative estimate of drug-likeness (QED) is 0.388. The fourth-order valence-electron chi connectivity index (χ4n) is 4.75. The molecule has 3 heterocycles. The molecular formula is C26H33N5O5S. The van der Waals surface area contributed by atoms with Gasteiger partial charge in [-0.05, 0) is 24.6 Å². The van der Waals surface area contributed by atoms with E-state index in [1.165, 1.54) is 10.6 Å². The lowest BCUT2D eigenvalue weighted by Crippen LogP contribution is -2.49. The van der Waals surface area contributed by atoms with Crippen molar-refractivity contribution < 1.29 is 22.6 Å². The van der Waals surface area contributed by atoms with Crippen molar-refractivity contribution >= 4 is 26.7 Å². The first-order chi connectivity index (χ1) is 18.1. The monoisotopic (exact) mass is 527 g/mol. The molecule has 2 saturated heterocycles. The van der Waals surface area contributed by atoms with Gasteiger partial charge in [0.05, 0.1) is 37.3 Å². The summed E-state index contributed by atoms with van der Waals surface area (Å²) in [5, 5.41) is 0.853. The van der Waals surface area contributed by atoms with Gasteiger partial charge in [-0.25, -0.2) is 18.4 Å². The second kappa shape index (κ2) is 11.6. The minimum absolute atomic E-state index is 0.318. The van der Waals surface area contributed by atoms with Gasteiger partial charge in [0.2, 0.25) is 10.0 Å². The zero-order chi connectivity index (χ0) is 25.7. The smallest absolute Gasteiger partial charge is 0.243 e. The minimum atomic E-state index is -3.52. The molecule has 1 aromatic heterocycles. The Kier molecular flexibility index (Phi) is 8.04. The molecule has 198 valence electrons. The van der Waals surface area contributed by atoms with Crippen LogP contribution in [0.25, 0.3) is 10.9 Å². The Morgan fingerprint density at radius 3 is 2.43 bits per heavy atom. The fraction of sp³-hybridized carbons (Fsp3) is 0.462. The Hall–Kier alpha value is -2.99. The molecule has 10 nitrogen and oxygen atoms in total. The van der Waals surface area contributed by atoms with E-state index in [-0.39, 0.29) is 0 Å². The largest absolute Gasteiger partial charge is 0.493 e. The summed E-state index contributed by atoms with van der Waals surface area (Å²) in [5.74, 6) is 2.04. The lowest BCUT2D eigenvalue weighted by atomic mass is 10.2. The summed E-state index contributed by atoms with van der Waals surface area (Å²) in [4.78, 5) is 13.8. The zero-order valence-electron chi connectivity index (χ0n) is 21.1. The number of benzene rings is 2. The predicted octanol–water partition coefficient (Wildman–Crippen LogP) is 2.25. The molecule has 0 unspecified atom stereocenters. The van der Waals surface area contributed by atoms with Crippen molar-refractivity contribution in [3.63, 3.8) is 0 Å². The Balaban J connectivity index is 1.28. The van der Waals surface area contributed by atoms with E-state index < -0.39 is 10.0 Å². The lowest BCUT2D eigenvalue weighted by molar-refractivity contribution is 0.0357. The van der Waals surface area contributed by atoms with Gasteiger partial charge in [-0.15, -0.1) is 0 Å². The van der Waals surface area contributed by atoms with Crippen LogP contribution < -0.4 is 14.4 Å². The number of nitrogens with zero attached hydrogens (tertiary/aromatic N) is 5. The second-order valence-electron chi connectivity index (χ2n) is 9.08. The molecule has 2 aliphatic heterocycles. The lowest BCUT2D eigenvalue weighted by Gasteiger charge is -2.35. The van der Waals surface area contributed by atoms with Crippen molar-refractivity contribution in [2.75, 3.05) is 77.6 Å². The first-order valence-corrected chi connectivity index (χ1v) is 14.1. The molecule has 2 fully saturated rings. The average Bonchev–Trinajstić information content (AvgIpc) is 2.95. The number of fused-ring (bicyclic) bond motifs is 1. The van der Waals surface area contributed by atoms with E-state index in [4.69, 9.17) is 14.2 Å². The van der Waals surface area contributed by atoms with Gasteiger partial charge in [0, 0.05) is 57.3 Å². The molecule has 0 aliphatic carbocycles. The molecule has 0 spiro atoms. The van der Waals surface area contributed by atoms with E-state index in [0.29, 0.717) is 49.2 Å². The maximum Gasteiger partial charge on any atom is 0.243 e. The van der Waals surface area contributed by atoms with E-state index in [1.54, 1.807) is 31.4 Å². The standard InChI is InChI=1S/C26H33N5O5S/c1-34-24-19-23-22(18-25(24)36-15-5-8-29-13-16-35-17-14-29)26(28-20-27-23)30-9-11-31(12-10-30)37(32,33)21-6-3-2-4-7-21/h2-4,6-7,18-20H,5,8-17H2,1H3. The van der Waals surface area contributed by atoms with Crippen LogP contribution >= 0.6 is 0 Å². The summed E-state index contributed by atoms with van der Waals surface area (Å²) >= 11 is 0. The zero-order valence-corrected chi connectivity index (χ0v) is 21.9. The number of hydrogen-bond acceptors (Lipinski definition) is 9. The van der Waals surface area contributed by atoms with Crippen LogP contribution in [0.2, 0.25) is 0 Å². The maximum atomic E-state index is 13.0. The highest BCUT2D eigenvalue weighted by Gasteiger charge is 2.29. The Bertz CT molecular complexity index is 1290.